The second-order valence-corrected chi connectivity index (χ2v) is 3.98. The van der Waals surface area contributed by atoms with Gasteiger partial charge in [0.2, 0.25) is 0 Å². The smallest absolute Gasteiger partial charge is 0.164 e. The van der Waals surface area contributed by atoms with Gasteiger partial charge in [0, 0.05) is 12.6 Å². The van der Waals surface area contributed by atoms with Crippen LogP contribution in [0.15, 0.2) is 18.2 Å². The Hall–Kier alpha value is -1.42. The second-order valence-electron chi connectivity index (χ2n) is 3.98. The van der Waals surface area contributed by atoms with E-state index in [2.05, 4.69) is 5.32 Å². The Morgan fingerprint density at radius 3 is 2.88 bits per heavy atom. The predicted octanol–water partition coefficient (Wildman–Crippen LogP) is 1.83. The molecule has 2 rings (SSSR count). The van der Waals surface area contributed by atoms with Crippen LogP contribution >= 0.6 is 0 Å². The first-order valence-electron chi connectivity index (χ1n) is 6.01. The number of ether oxygens (including phenoxy) is 3. The molecular formula is C13H19NO3. The summed E-state index contributed by atoms with van der Waals surface area (Å²) in [7, 11) is 1.64. The van der Waals surface area contributed by atoms with Crippen molar-refractivity contribution in [2.75, 3.05) is 26.8 Å². The van der Waals surface area contributed by atoms with E-state index in [4.69, 9.17) is 14.2 Å². The molecule has 0 saturated carbocycles. The van der Waals surface area contributed by atoms with E-state index in [1.165, 1.54) is 0 Å². The maximum Gasteiger partial charge on any atom is 0.164 e. The Labute approximate surface area is 102 Å². The lowest BCUT2D eigenvalue weighted by molar-refractivity contribution is 0.221. The molecule has 17 heavy (non-hydrogen) atoms. The number of methoxy groups -OCH3 is 1. The summed E-state index contributed by atoms with van der Waals surface area (Å²) < 4.78 is 16.6. The zero-order valence-electron chi connectivity index (χ0n) is 10.4. The minimum Gasteiger partial charge on any atom is -0.493 e. The lowest BCUT2D eigenvalue weighted by Gasteiger charge is -2.15. The minimum atomic E-state index is 0.262. The molecule has 1 unspecified atom stereocenters. The standard InChI is InChI=1S/C13H19NO3/c1-3-16-12-5-4-10(8-13(12)15-2)17-11-6-7-14-9-11/h4-5,8,11,14H,3,6-7,9H2,1-2H3. The molecule has 0 aliphatic carbocycles. The Bertz CT molecular complexity index is 362. The number of hydrogen-bond donors (Lipinski definition) is 1. The van der Waals surface area contributed by atoms with E-state index in [-0.39, 0.29) is 6.10 Å². The van der Waals surface area contributed by atoms with Gasteiger partial charge in [0.1, 0.15) is 11.9 Å². The first kappa shape index (κ1) is 12.0. The van der Waals surface area contributed by atoms with Crippen LogP contribution in [0.5, 0.6) is 17.2 Å². The largest absolute Gasteiger partial charge is 0.493 e. The third-order valence-electron chi connectivity index (χ3n) is 2.75. The molecule has 1 aliphatic rings. The Morgan fingerprint density at radius 1 is 1.35 bits per heavy atom. The molecule has 1 saturated heterocycles. The Balaban J connectivity index is 2.07. The first-order chi connectivity index (χ1) is 8.33. The lowest BCUT2D eigenvalue weighted by Crippen LogP contribution is -2.19. The molecule has 94 valence electrons. The monoisotopic (exact) mass is 237 g/mol. The quantitative estimate of drug-likeness (QED) is 0.848. The molecule has 0 amide bonds. The van der Waals surface area contributed by atoms with E-state index in [1.54, 1.807) is 7.11 Å². The van der Waals surface area contributed by atoms with Crippen LogP contribution in [-0.4, -0.2) is 32.9 Å². The van der Waals surface area contributed by atoms with Crippen molar-refractivity contribution in [3.05, 3.63) is 18.2 Å². The molecule has 0 bridgehead atoms. The van der Waals surface area contributed by atoms with Crippen molar-refractivity contribution in [2.24, 2.45) is 0 Å². The van der Waals surface area contributed by atoms with E-state index in [1.807, 2.05) is 25.1 Å². The summed E-state index contributed by atoms with van der Waals surface area (Å²) in [4.78, 5) is 0. The summed E-state index contributed by atoms with van der Waals surface area (Å²) in [5.74, 6) is 2.31. The highest BCUT2D eigenvalue weighted by Crippen LogP contribution is 2.31. The van der Waals surface area contributed by atoms with Crippen LogP contribution in [0.3, 0.4) is 0 Å². The van der Waals surface area contributed by atoms with E-state index in [9.17, 15) is 0 Å². The van der Waals surface area contributed by atoms with E-state index < -0.39 is 0 Å². The van der Waals surface area contributed by atoms with Crippen LogP contribution in [0.1, 0.15) is 13.3 Å². The van der Waals surface area contributed by atoms with Crippen molar-refractivity contribution in [2.45, 2.75) is 19.4 Å². The van der Waals surface area contributed by atoms with Crippen LogP contribution in [0, 0.1) is 0 Å². The minimum absolute atomic E-state index is 0.262. The van der Waals surface area contributed by atoms with Gasteiger partial charge in [-0.25, -0.2) is 0 Å². The molecule has 1 N–H and O–H groups in total. The zero-order valence-corrected chi connectivity index (χ0v) is 10.4. The molecule has 1 aliphatic heterocycles. The van der Waals surface area contributed by atoms with Crippen LogP contribution in [-0.2, 0) is 0 Å². The molecule has 4 nitrogen and oxygen atoms in total. The van der Waals surface area contributed by atoms with Gasteiger partial charge >= 0.3 is 0 Å². The molecule has 4 heteroatoms. The molecule has 0 spiro atoms. The molecule has 1 atom stereocenters. The fourth-order valence-electron chi connectivity index (χ4n) is 1.92. The van der Waals surface area contributed by atoms with Gasteiger partial charge in [0.25, 0.3) is 0 Å². The van der Waals surface area contributed by atoms with Crippen molar-refractivity contribution in [1.82, 2.24) is 5.32 Å². The van der Waals surface area contributed by atoms with Gasteiger partial charge in [-0.2, -0.15) is 0 Å². The average molecular weight is 237 g/mol. The highest BCUT2D eigenvalue weighted by atomic mass is 16.5. The summed E-state index contributed by atoms with van der Waals surface area (Å²) >= 11 is 0. The number of rotatable bonds is 5. The topological polar surface area (TPSA) is 39.7 Å². The van der Waals surface area contributed by atoms with Gasteiger partial charge in [-0.3, -0.25) is 0 Å². The molecule has 1 fully saturated rings. The van der Waals surface area contributed by atoms with Gasteiger partial charge in [-0.15, -0.1) is 0 Å². The van der Waals surface area contributed by atoms with Crippen LogP contribution < -0.4 is 19.5 Å². The first-order valence-corrected chi connectivity index (χ1v) is 6.01. The van der Waals surface area contributed by atoms with Crippen molar-refractivity contribution < 1.29 is 14.2 Å². The third-order valence-corrected chi connectivity index (χ3v) is 2.75. The predicted molar refractivity (Wildman–Crippen MR) is 66.1 cm³/mol. The number of benzene rings is 1. The molecule has 1 aromatic carbocycles. The molecule has 0 aromatic heterocycles. The zero-order chi connectivity index (χ0) is 12.1. The normalized spacial score (nSPS) is 19.1. The van der Waals surface area contributed by atoms with Crippen molar-refractivity contribution in [1.29, 1.82) is 0 Å². The summed E-state index contributed by atoms with van der Waals surface area (Å²) in [6, 6.07) is 5.69. The highest BCUT2D eigenvalue weighted by Gasteiger charge is 2.16. The van der Waals surface area contributed by atoms with Gasteiger partial charge in [0.05, 0.1) is 13.7 Å². The van der Waals surface area contributed by atoms with Crippen LogP contribution in [0.2, 0.25) is 0 Å². The van der Waals surface area contributed by atoms with Gasteiger partial charge in [-0.05, 0) is 32.0 Å². The molecule has 0 radical (unpaired) electrons. The molecule has 1 heterocycles. The second kappa shape index (κ2) is 5.77. The maximum atomic E-state index is 5.85. The van der Waals surface area contributed by atoms with E-state index >= 15 is 0 Å². The Kier molecular flexibility index (Phi) is 4.09. The average Bonchev–Trinajstić information content (AvgIpc) is 2.84. The number of nitrogens with one attached hydrogen (secondary N) is 1. The summed E-state index contributed by atoms with van der Waals surface area (Å²) in [6.45, 7) is 4.52. The third kappa shape index (κ3) is 3.03. The SMILES string of the molecule is CCOc1ccc(OC2CCNC2)cc1OC. The van der Waals surface area contributed by atoms with Gasteiger partial charge < -0.3 is 19.5 Å². The van der Waals surface area contributed by atoms with Crippen molar-refractivity contribution >= 4 is 0 Å². The lowest BCUT2D eigenvalue weighted by atomic mass is 10.2. The van der Waals surface area contributed by atoms with Crippen molar-refractivity contribution in [3.63, 3.8) is 0 Å². The highest BCUT2D eigenvalue weighted by molar-refractivity contribution is 5.45. The van der Waals surface area contributed by atoms with Crippen molar-refractivity contribution in [3.8, 4) is 17.2 Å². The van der Waals surface area contributed by atoms with Crippen LogP contribution in [0.4, 0.5) is 0 Å². The summed E-state index contributed by atoms with van der Waals surface area (Å²) in [6.07, 6.45) is 1.31. The van der Waals surface area contributed by atoms with E-state index in [0.29, 0.717) is 6.61 Å². The van der Waals surface area contributed by atoms with Gasteiger partial charge in [0.15, 0.2) is 11.5 Å². The maximum absolute atomic E-state index is 5.85. The summed E-state index contributed by atoms with van der Waals surface area (Å²) in [5, 5.41) is 3.27. The van der Waals surface area contributed by atoms with Gasteiger partial charge in [-0.1, -0.05) is 0 Å². The molecular weight excluding hydrogens is 218 g/mol. The fourth-order valence-corrected chi connectivity index (χ4v) is 1.92. The summed E-state index contributed by atoms with van der Waals surface area (Å²) in [5.41, 5.74) is 0. The number of hydrogen-bond acceptors (Lipinski definition) is 4. The Morgan fingerprint density at radius 2 is 2.24 bits per heavy atom. The van der Waals surface area contributed by atoms with Crippen LogP contribution in [0.25, 0.3) is 0 Å². The molecule has 1 aromatic rings. The fraction of sp³-hybridized carbons (Fsp3) is 0.538. The van der Waals surface area contributed by atoms with E-state index in [0.717, 1.165) is 36.8 Å².